The lowest BCUT2D eigenvalue weighted by Gasteiger charge is -2.08. The summed E-state index contributed by atoms with van der Waals surface area (Å²) in [7, 11) is 1.57. The Hall–Kier alpha value is -0.260. The predicted molar refractivity (Wildman–Crippen MR) is 70.0 cm³/mol. The first-order valence-electron chi connectivity index (χ1n) is 5.34. The van der Waals surface area contributed by atoms with Crippen molar-refractivity contribution in [3.63, 3.8) is 0 Å². The molecule has 0 N–H and O–H groups in total. The molecule has 0 spiro atoms. The summed E-state index contributed by atoms with van der Waals surface area (Å²) < 4.78 is 28.4. The summed E-state index contributed by atoms with van der Waals surface area (Å²) >= 11 is 3.27. The third-order valence-electron chi connectivity index (χ3n) is 2.67. The highest BCUT2D eigenvalue weighted by Crippen LogP contribution is 2.33. The summed E-state index contributed by atoms with van der Waals surface area (Å²) in [4.78, 5) is 0.0700. The molecule has 1 aliphatic carbocycles. The molecule has 0 saturated heterocycles. The Kier molecular flexibility index (Phi) is 4.00. The van der Waals surface area contributed by atoms with E-state index in [9.17, 15) is 8.42 Å². The van der Waals surface area contributed by atoms with Gasteiger partial charge in [0.05, 0.1) is 16.0 Å². The third-order valence-corrected chi connectivity index (χ3v) is 4.64. The predicted octanol–water partition coefficient (Wildman–Crippen LogP) is 3.56. The molecular formula is C11H12BrClO3S. The minimum absolute atomic E-state index is 0.0700. The van der Waals surface area contributed by atoms with Crippen molar-refractivity contribution in [2.24, 2.45) is 5.92 Å². The normalized spacial score (nSPS) is 15.9. The van der Waals surface area contributed by atoms with Crippen LogP contribution in [0.25, 0.3) is 0 Å². The van der Waals surface area contributed by atoms with E-state index in [4.69, 9.17) is 15.4 Å². The number of rotatable bonds is 5. The van der Waals surface area contributed by atoms with E-state index in [1.165, 1.54) is 25.0 Å². The van der Waals surface area contributed by atoms with E-state index in [1.54, 1.807) is 6.07 Å². The van der Waals surface area contributed by atoms with E-state index < -0.39 is 9.05 Å². The Balaban J connectivity index is 2.02. The SMILES string of the molecule is O=S(=O)(Cl)c1ccc(OCCC2CC2)c(Br)c1. The van der Waals surface area contributed by atoms with Crippen molar-refractivity contribution in [2.45, 2.75) is 24.2 Å². The van der Waals surface area contributed by atoms with Crippen LogP contribution in [-0.2, 0) is 9.05 Å². The molecule has 0 radical (unpaired) electrons. The molecule has 94 valence electrons. The Morgan fingerprint density at radius 1 is 1.41 bits per heavy atom. The standard InChI is InChI=1S/C11H12BrClO3S/c12-10-7-9(17(13,14)15)3-4-11(10)16-6-5-8-1-2-8/h3-4,7-8H,1-2,5-6H2. The second-order valence-corrected chi connectivity index (χ2v) is 7.53. The second-order valence-electron chi connectivity index (χ2n) is 4.11. The first kappa shape index (κ1) is 13.2. The lowest BCUT2D eigenvalue weighted by Crippen LogP contribution is -1.99. The van der Waals surface area contributed by atoms with Crippen molar-refractivity contribution in [3.8, 4) is 5.75 Å². The van der Waals surface area contributed by atoms with Crippen LogP contribution in [0.5, 0.6) is 5.75 Å². The topological polar surface area (TPSA) is 43.4 Å². The average molecular weight is 340 g/mol. The maximum Gasteiger partial charge on any atom is 0.261 e. The van der Waals surface area contributed by atoms with Crippen LogP contribution in [0, 0.1) is 5.92 Å². The van der Waals surface area contributed by atoms with Gasteiger partial charge in [0.25, 0.3) is 9.05 Å². The summed E-state index contributed by atoms with van der Waals surface area (Å²) in [6.07, 6.45) is 3.66. The van der Waals surface area contributed by atoms with Gasteiger partial charge in [0.1, 0.15) is 5.75 Å². The second kappa shape index (κ2) is 5.16. The van der Waals surface area contributed by atoms with Crippen LogP contribution >= 0.6 is 26.6 Å². The summed E-state index contributed by atoms with van der Waals surface area (Å²) in [5, 5.41) is 0. The molecule has 1 fully saturated rings. The van der Waals surface area contributed by atoms with E-state index in [0.717, 1.165) is 12.3 Å². The molecule has 1 aromatic rings. The highest BCUT2D eigenvalue weighted by atomic mass is 79.9. The Morgan fingerprint density at radius 3 is 2.65 bits per heavy atom. The van der Waals surface area contributed by atoms with Crippen LogP contribution in [-0.4, -0.2) is 15.0 Å². The fourth-order valence-electron chi connectivity index (χ4n) is 1.49. The van der Waals surface area contributed by atoms with Crippen LogP contribution in [0.3, 0.4) is 0 Å². The molecule has 2 rings (SSSR count). The molecule has 0 unspecified atom stereocenters. The van der Waals surface area contributed by atoms with Gasteiger partial charge in [-0.05, 0) is 46.5 Å². The molecule has 0 amide bonds. The van der Waals surface area contributed by atoms with Gasteiger partial charge in [0.15, 0.2) is 0 Å². The van der Waals surface area contributed by atoms with Gasteiger partial charge in [-0.25, -0.2) is 8.42 Å². The largest absolute Gasteiger partial charge is 0.492 e. The number of hydrogen-bond acceptors (Lipinski definition) is 3. The van der Waals surface area contributed by atoms with Gasteiger partial charge in [-0.3, -0.25) is 0 Å². The van der Waals surface area contributed by atoms with Crippen molar-refractivity contribution in [3.05, 3.63) is 22.7 Å². The van der Waals surface area contributed by atoms with Crippen molar-refractivity contribution < 1.29 is 13.2 Å². The zero-order valence-corrected chi connectivity index (χ0v) is 12.2. The van der Waals surface area contributed by atoms with Gasteiger partial charge in [-0.2, -0.15) is 0 Å². The zero-order valence-electron chi connectivity index (χ0n) is 9.03. The molecule has 0 atom stereocenters. The van der Waals surface area contributed by atoms with Crippen LogP contribution in [0.15, 0.2) is 27.6 Å². The maximum absolute atomic E-state index is 11.1. The quantitative estimate of drug-likeness (QED) is 0.770. The lowest BCUT2D eigenvalue weighted by atomic mass is 10.3. The van der Waals surface area contributed by atoms with Crippen molar-refractivity contribution >= 4 is 35.7 Å². The molecule has 6 heteroatoms. The zero-order chi connectivity index (χ0) is 12.5. The van der Waals surface area contributed by atoms with Gasteiger partial charge in [0.2, 0.25) is 0 Å². The van der Waals surface area contributed by atoms with E-state index in [0.29, 0.717) is 16.8 Å². The van der Waals surface area contributed by atoms with E-state index in [-0.39, 0.29) is 4.90 Å². The molecule has 0 bridgehead atoms. The molecule has 17 heavy (non-hydrogen) atoms. The lowest BCUT2D eigenvalue weighted by molar-refractivity contribution is 0.300. The third kappa shape index (κ3) is 3.86. The summed E-state index contributed by atoms with van der Waals surface area (Å²) in [5.74, 6) is 1.46. The smallest absolute Gasteiger partial charge is 0.261 e. The van der Waals surface area contributed by atoms with Gasteiger partial charge >= 0.3 is 0 Å². The van der Waals surface area contributed by atoms with Crippen LogP contribution in [0.1, 0.15) is 19.3 Å². The molecular weight excluding hydrogens is 328 g/mol. The van der Waals surface area contributed by atoms with Gasteiger partial charge < -0.3 is 4.74 Å². The molecule has 1 aromatic carbocycles. The first-order chi connectivity index (χ1) is 7.97. The van der Waals surface area contributed by atoms with E-state index >= 15 is 0 Å². The van der Waals surface area contributed by atoms with Gasteiger partial charge in [-0.1, -0.05) is 12.8 Å². The summed E-state index contributed by atoms with van der Waals surface area (Å²) in [5.41, 5.74) is 0. The minimum Gasteiger partial charge on any atom is -0.492 e. The van der Waals surface area contributed by atoms with Crippen molar-refractivity contribution in [2.75, 3.05) is 6.61 Å². The van der Waals surface area contributed by atoms with Crippen LogP contribution < -0.4 is 4.74 Å². The Bertz CT molecular complexity index is 511. The van der Waals surface area contributed by atoms with Crippen molar-refractivity contribution in [1.29, 1.82) is 0 Å². The average Bonchev–Trinajstić information content (AvgIpc) is 3.02. The highest BCUT2D eigenvalue weighted by molar-refractivity contribution is 9.10. The monoisotopic (exact) mass is 338 g/mol. The molecule has 0 aliphatic heterocycles. The molecule has 3 nitrogen and oxygen atoms in total. The van der Waals surface area contributed by atoms with Crippen LogP contribution in [0.2, 0.25) is 0 Å². The maximum atomic E-state index is 11.1. The molecule has 0 heterocycles. The number of benzene rings is 1. The van der Waals surface area contributed by atoms with Crippen molar-refractivity contribution in [1.82, 2.24) is 0 Å². The Morgan fingerprint density at radius 2 is 2.12 bits per heavy atom. The molecule has 1 aliphatic rings. The Labute approximate surface area is 114 Å². The number of ether oxygens (including phenoxy) is 1. The number of halogens is 2. The van der Waals surface area contributed by atoms with Gasteiger partial charge in [0, 0.05) is 10.7 Å². The van der Waals surface area contributed by atoms with Gasteiger partial charge in [-0.15, -0.1) is 0 Å². The van der Waals surface area contributed by atoms with E-state index in [1.807, 2.05) is 0 Å². The molecule has 1 saturated carbocycles. The van der Waals surface area contributed by atoms with Crippen LogP contribution in [0.4, 0.5) is 0 Å². The highest BCUT2D eigenvalue weighted by Gasteiger charge is 2.21. The number of hydrogen-bond donors (Lipinski definition) is 0. The summed E-state index contributed by atoms with van der Waals surface area (Å²) in [6.45, 7) is 0.663. The first-order valence-corrected chi connectivity index (χ1v) is 8.44. The van der Waals surface area contributed by atoms with E-state index in [2.05, 4.69) is 15.9 Å². The fraction of sp³-hybridized carbons (Fsp3) is 0.455. The fourth-order valence-corrected chi connectivity index (χ4v) is 2.91. The minimum atomic E-state index is -3.68. The summed E-state index contributed by atoms with van der Waals surface area (Å²) in [6, 6.07) is 4.51. The molecule has 0 aromatic heterocycles.